The van der Waals surface area contributed by atoms with Crippen LogP contribution in [-0.4, -0.2) is 23.0 Å². The Hall–Kier alpha value is -0.220. The Morgan fingerprint density at radius 2 is 2.42 bits per heavy atom. The van der Waals surface area contributed by atoms with Crippen molar-refractivity contribution in [2.24, 2.45) is 17.4 Å². The quantitative estimate of drug-likeness (QED) is 0.670. The second-order valence-electron chi connectivity index (χ2n) is 3.32. The third kappa shape index (κ3) is 1.59. The fourth-order valence-corrected chi connectivity index (χ4v) is 2.97. The van der Waals surface area contributed by atoms with Gasteiger partial charge in [-0.05, 0) is 30.3 Å². The topological polar surface area (TPSA) is 69.1 Å². The van der Waals surface area contributed by atoms with E-state index in [1.54, 1.807) is 0 Å². The van der Waals surface area contributed by atoms with Crippen molar-refractivity contribution in [1.82, 2.24) is 0 Å². The second kappa shape index (κ2) is 3.66. The molecule has 4 heteroatoms. The number of nitrogens with two attached hydrogens (primary N) is 2. The predicted octanol–water partition coefficient (Wildman–Crippen LogP) is 0.332. The van der Waals surface area contributed by atoms with Gasteiger partial charge in [-0.3, -0.25) is 4.79 Å². The summed E-state index contributed by atoms with van der Waals surface area (Å²) in [7, 11) is 0. The average Bonchev–Trinajstić information content (AvgIpc) is 2.54. The van der Waals surface area contributed by atoms with Gasteiger partial charge in [0.2, 0.25) is 5.91 Å². The molecule has 12 heavy (non-hydrogen) atoms. The molecule has 70 valence electrons. The van der Waals surface area contributed by atoms with Crippen LogP contribution in [0.5, 0.6) is 0 Å². The van der Waals surface area contributed by atoms with Crippen LogP contribution >= 0.6 is 11.8 Å². The van der Waals surface area contributed by atoms with Gasteiger partial charge >= 0.3 is 0 Å². The highest BCUT2D eigenvalue weighted by molar-refractivity contribution is 7.99. The van der Waals surface area contributed by atoms with Crippen LogP contribution in [0.25, 0.3) is 0 Å². The molecular weight excluding hydrogens is 172 g/mol. The van der Waals surface area contributed by atoms with Gasteiger partial charge in [0.25, 0.3) is 0 Å². The Morgan fingerprint density at radius 3 is 2.75 bits per heavy atom. The van der Waals surface area contributed by atoms with Crippen molar-refractivity contribution < 1.29 is 4.79 Å². The molecular formula is C8H16N2OS. The normalized spacial score (nSPS) is 28.3. The first-order valence-corrected chi connectivity index (χ1v) is 5.43. The number of primary amides is 1. The molecule has 1 rings (SSSR count). The van der Waals surface area contributed by atoms with Crippen molar-refractivity contribution in [2.45, 2.75) is 25.3 Å². The van der Waals surface area contributed by atoms with E-state index in [2.05, 4.69) is 0 Å². The highest BCUT2D eigenvalue weighted by Gasteiger charge is 2.40. The Morgan fingerprint density at radius 1 is 1.75 bits per heavy atom. The first-order valence-electron chi connectivity index (χ1n) is 4.27. The van der Waals surface area contributed by atoms with Crippen LogP contribution in [0.3, 0.4) is 0 Å². The molecule has 2 unspecified atom stereocenters. The summed E-state index contributed by atoms with van der Waals surface area (Å²) in [6.45, 7) is 1.92. The summed E-state index contributed by atoms with van der Waals surface area (Å²) in [6.07, 6.45) is 1.67. The molecule has 0 radical (unpaired) electrons. The molecule has 2 atom stereocenters. The summed E-state index contributed by atoms with van der Waals surface area (Å²) < 4.78 is 0. The third-order valence-corrected chi connectivity index (χ3v) is 3.86. The number of carbonyl (C=O) groups excluding carboxylic acids is 1. The third-order valence-electron chi connectivity index (χ3n) is 2.70. The lowest BCUT2D eigenvalue weighted by atomic mass is 9.81. The van der Waals surface area contributed by atoms with Crippen molar-refractivity contribution >= 4 is 17.7 Å². The van der Waals surface area contributed by atoms with Gasteiger partial charge in [0.15, 0.2) is 0 Å². The summed E-state index contributed by atoms with van der Waals surface area (Å²) in [6, 6.07) is 0. The maximum Gasteiger partial charge on any atom is 0.237 e. The monoisotopic (exact) mass is 188 g/mol. The summed E-state index contributed by atoms with van der Waals surface area (Å²) >= 11 is 1.85. The van der Waals surface area contributed by atoms with Crippen molar-refractivity contribution in [3.8, 4) is 0 Å². The van der Waals surface area contributed by atoms with Gasteiger partial charge in [0, 0.05) is 0 Å². The van der Waals surface area contributed by atoms with E-state index in [1.165, 1.54) is 0 Å². The van der Waals surface area contributed by atoms with Crippen LogP contribution < -0.4 is 11.5 Å². The summed E-state index contributed by atoms with van der Waals surface area (Å²) in [5.74, 6) is 2.02. The number of hydrogen-bond acceptors (Lipinski definition) is 3. The minimum atomic E-state index is -0.760. The molecule has 1 amide bonds. The molecule has 0 aromatic carbocycles. The molecule has 0 saturated carbocycles. The predicted molar refractivity (Wildman–Crippen MR) is 51.8 cm³/mol. The second-order valence-corrected chi connectivity index (χ2v) is 4.47. The van der Waals surface area contributed by atoms with E-state index in [-0.39, 0.29) is 11.8 Å². The van der Waals surface area contributed by atoms with Gasteiger partial charge in [-0.1, -0.05) is 6.92 Å². The zero-order chi connectivity index (χ0) is 9.19. The van der Waals surface area contributed by atoms with Crippen molar-refractivity contribution in [3.63, 3.8) is 0 Å². The standard InChI is InChI=1S/C8H16N2OS/c1-2-8(10,7(9)11)6-3-4-12-5-6/h6H,2-5,10H2,1H3,(H2,9,11). The first kappa shape index (κ1) is 9.86. The fourth-order valence-electron chi connectivity index (χ4n) is 1.60. The lowest BCUT2D eigenvalue weighted by molar-refractivity contribution is -0.124. The lowest BCUT2D eigenvalue weighted by Crippen LogP contribution is -2.57. The van der Waals surface area contributed by atoms with Gasteiger partial charge in [-0.2, -0.15) is 11.8 Å². The zero-order valence-electron chi connectivity index (χ0n) is 7.38. The van der Waals surface area contributed by atoms with Crippen molar-refractivity contribution in [3.05, 3.63) is 0 Å². The smallest absolute Gasteiger partial charge is 0.237 e. The minimum Gasteiger partial charge on any atom is -0.368 e. The Kier molecular flexibility index (Phi) is 3.01. The highest BCUT2D eigenvalue weighted by Crippen LogP contribution is 2.32. The number of thioether (sulfide) groups is 1. The summed E-state index contributed by atoms with van der Waals surface area (Å²) in [5.41, 5.74) is 10.5. The first-order chi connectivity index (χ1) is 5.61. The van der Waals surface area contributed by atoms with Crippen LogP contribution in [0.15, 0.2) is 0 Å². The number of amides is 1. The molecule has 3 nitrogen and oxygen atoms in total. The number of rotatable bonds is 3. The molecule has 0 aromatic rings. The van der Waals surface area contributed by atoms with E-state index in [4.69, 9.17) is 11.5 Å². The Labute approximate surface area is 77.3 Å². The molecule has 0 aromatic heterocycles. The van der Waals surface area contributed by atoms with E-state index in [1.807, 2.05) is 18.7 Å². The molecule has 0 spiro atoms. The van der Waals surface area contributed by atoms with Gasteiger partial charge in [0.05, 0.1) is 5.54 Å². The average molecular weight is 188 g/mol. The molecule has 1 aliphatic heterocycles. The van der Waals surface area contributed by atoms with Gasteiger partial charge in [0.1, 0.15) is 0 Å². The molecule has 1 saturated heterocycles. The Balaban J connectivity index is 2.70. The maximum absolute atomic E-state index is 11.1. The van der Waals surface area contributed by atoms with Crippen molar-refractivity contribution in [1.29, 1.82) is 0 Å². The van der Waals surface area contributed by atoms with Crippen LogP contribution in [-0.2, 0) is 4.79 Å². The van der Waals surface area contributed by atoms with E-state index >= 15 is 0 Å². The lowest BCUT2D eigenvalue weighted by Gasteiger charge is -2.30. The van der Waals surface area contributed by atoms with Gasteiger partial charge < -0.3 is 11.5 Å². The fraction of sp³-hybridized carbons (Fsp3) is 0.875. The van der Waals surface area contributed by atoms with Crippen LogP contribution in [0.1, 0.15) is 19.8 Å². The van der Waals surface area contributed by atoms with Crippen LogP contribution in [0.2, 0.25) is 0 Å². The molecule has 1 fully saturated rings. The van der Waals surface area contributed by atoms with E-state index in [0.717, 1.165) is 17.9 Å². The zero-order valence-corrected chi connectivity index (χ0v) is 8.19. The minimum absolute atomic E-state index is 0.282. The molecule has 1 aliphatic rings. The summed E-state index contributed by atoms with van der Waals surface area (Å²) in [5, 5.41) is 0. The van der Waals surface area contributed by atoms with Gasteiger partial charge in [-0.15, -0.1) is 0 Å². The van der Waals surface area contributed by atoms with Crippen LogP contribution in [0.4, 0.5) is 0 Å². The molecule has 0 bridgehead atoms. The van der Waals surface area contributed by atoms with Gasteiger partial charge in [-0.25, -0.2) is 0 Å². The maximum atomic E-state index is 11.1. The van der Waals surface area contributed by atoms with E-state index in [0.29, 0.717) is 6.42 Å². The molecule has 1 heterocycles. The number of hydrogen-bond donors (Lipinski definition) is 2. The largest absolute Gasteiger partial charge is 0.368 e. The Bertz CT molecular complexity index is 180. The highest BCUT2D eigenvalue weighted by atomic mass is 32.2. The van der Waals surface area contributed by atoms with E-state index < -0.39 is 5.54 Å². The summed E-state index contributed by atoms with van der Waals surface area (Å²) in [4.78, 5) is 11.1. The van der Waals surface area contributed by atoms with E-state index in [9.17, 15) is 4.79 Å². The SMILES string of the molecule is CCC(N)(C(N)=O)C1CCSC1. The molecule has 0 aliphatic carbocycles. The van der Waals surface area contributed by atoms with Crippen LogP contribution in [0, 0.1) is 5.92 Å². The van der Waals surface area contributed by atoms with Crippen molar-refractivity contribution in [2.75, 3.05) is 11.5 Å². The molecule has 4 N–H and O–H groups in total. The number of carbonyl (C=O) groups is 1.